The summed E-state index contributed by atoms with van der Waals surface area (Å²) >= 11 is 0. The molecule has 0 aliphatic heterocycles. The highest BCUT2D eigenvalue weighted by atomic mass is 16.4. The fourth-order valence-corrected chi connectivity index (χ4v) is 0. The Morgan fingerprint density at radius 3 is 1.20 bits per heavy atom. The molecule has 0 atom stereocenters. The van der Waals surface area contributed by atoms with E-state index in [0.717, 1.165) is 6.92 Å². The molecule has 3 N–H and O–H groups in total. The van der Waals surface area contributed by atoms with Gasteiger partial charge < -0.3 is 15.3 Å². The van der Waals surface area contributed by atoms with Crippen LogP contribution in [-0.4, -0.2) is 33.2 Å². The molecule has 0 fully saturated rings. The Labute approximate surface area is 87.8 Å². The second-order valence-corrected chi connectivity index (χ2v) is 2.35. The SMILES string of the molecule is C=C(C)C(=O)O.CC(=O)O.CCC(=O)O. The van der Waals surface area contributed by atoms with Crippen LogP contribution in [-0.2, 0) is 14.4 Å². The first-order valence-corrected chi connectivity index (χ1v) is 3.95. The first-order valence-electron chi connectivity index (χ1n) is 3.95. The minimum absolute atomic E-state index is 0.176. The molecule has 6 heteroatoms. The van der Waals surface area contributed by atoms with Gasteiger partial charge in [-0.05, 0) is 6.92 Å². The van der Waals surface area contributed by atoms with Crippen molar-refractivity contribution in [3.05, 3.63) is 12.2 Å². The maximum absolute atomic E-state index is 9.60. The Morgan fingerprint density at radius 2 is 1.20 bits per heavy atom. The van der Waals surface area contributed by atoms with Gasteiger partial charge in [0, 0.05) is 18.9 Å². The zero-order valence-corrected chi connectivity index (χ0v) is 8.98. The molecule has 0 aliphatic rings. The lowest BCUT2D eigenvalue weighted by molar-refractivity contribution is -0.137. The summed E-state index contributed by atoms with van der Waals surface area (Å²) in [5.74, 6) is -2.51. The highest BCUT2D eigenvalue weighted by molar-refractivity contribution is 5.84. The second-order valence-electron chi connectivity index (χ2n) is 2.35. The maximum Gasteiger partial charge on any atom is 0.330 e. The lowest BCUT2D eigenvalue weighted by atomic mass is 10.4. The number of carbonyl (C=O) groups is 3. The van der Waals surface area contributed by atoms with Crippen LogP contribution in [0.1, 0.15) is 27.2 Å². The van der Waals surface area contributed by atoms with Gasteiger partial charge in [-0.25, -0.2) is 4.79 Å². The van der Waals surface area contributed by atoms with Crippen LogP contribution in [0, 0.1) is 0 Å². The summed E-state index contributed by atoms with van der Waals surface area (Å²) in [6, 6.07) is 0. The maximum atomic E-state index is 9.60. The van der Waals surface area contributed by atoms with Crippen LogP contribution in [0.25, 0.3) is 0 Å². The van der Waals surface area contributed by atoms with Crippen molar-refractivity contribution in [2.75, 3.05) is 0 Å². The normalized spacial score (nSPS) is 7.13. The van der Waals surface area contributed by atoms with E-state index in [0.29, 0.717) is 0 Å². The van der Waals surface area contributed by atoms with Gasteiger partial charge in [-0.2, -0.15) is 0 Å². The molecule has 0 spiro atoms. The standard InChI is InChI=1S/C4H6O2.C3H6O2.C2H4O2/c1-3(2)4(5)6;1-2-3(4)5;1-2(3)4/h1H2,2H3,(H,5,6);2H2,1H3,(H,4,5);1H3,(H,3,4). The first kappa shape index (κ1) is 18.8. The fourth-order valence-electron chi connectivity index (χ4n) is 0. The Hall–Kier alpha value is -1.85. The van der Waals surface area contributed by atoms with Crippen LogP contribution in [0.15, 0.2) is 12.2 Å². The summed E-state index contributed by atoms with van der Waals surface area (Å²) in [5.41, 5.74) is 0.176. The quantitative estimate of drug-likeness (QED) is 0.603. The van der Waals surface area contributed by atoms with Crippen LogP contribution in [0.4, 0.5) is 0 Å². The highest BCUT2D eigenvalue weighted by Crippen LogP contribution is 1.81. The predicted octanol–water partition coefficient (Wildman–Crippen LogP) is 1.22. The number of hydrogen-bond donors (Lipinski definition) is 3. The molecule has 0 amide bonds. The third-order valence-electron chi connectivity index (χ3n) is 0.668. The Bertz CT molecular complexity index is 215. The number of carboxylic acid groups (broad SMARTS) is 3. The summed E-state index contributed by atoms with van der Waals surface area (Å²) in [4.78, 5) is 28.0. The molecular formula is C9H16O6. The molecule has 0 aromatic heterocycles. The monoisotopic (exact) mass is 220 g/mol. The van der Waals surface area contributed by atoms with Crippen LogP contribution >= 0.6 is 0 Å². The smallest absolute Gasteiger partial charge is 0.330 e. The molecule has 88 valence electrons. The van der Waals surface area contributed by atoms with Crippen LogP contribution in [0.3, 0.4) is 0 Å². The van der Waals surface area contributed by atoms with Gasteiger partial charge in [0.2, 0.25) is 0 Å². The zero-order valence-electron chi connectivity index (χ0n) is 8.98. The molecular weight excluding hydrogens is 204 g/mol. The molecule has 15 heavy (non-hydrogen) atoms. The Morgan fingerprint density at radius 1 is 1.07 bits per heavy atom. The van der Waals surface area contributed by atoms with E-state index in [-0.39, 0.29) is 12.0 Å². The summed E-state index contributed by atoms with van der Waals surface area (Å²) in [6.45, 7) is 7.28. The number of aliphatic carboxylic acids is 3. The molecule has 6 nitrogen and oxygen atoms in total. The highest BCUT2D eigenvalue weighted by Gasteiger charge is 1.90. The molecule has 0 aromatic rings. The third-order valence-corrected chi connectivity index (χ3v) is 0.668. The van der Waals surface area contributed by atoms with Gasteiger partial charge in [0.25, 0.3) is 5.97 Å². The van der Waals surface area contributed by atoms with Crippen molar-refractivity contribution in [2.45, 2.75) is 27.2 Å². The van der Waals surface area contributed by atoms with Crippen molar-refractivity contribution >= 4 is 17.9 Å². The van der Waals surface area contributed by atoms with E-state index in [4.69, 9.17) is 20.1 Å². The Kier molecular flexibility index (Phi) is 15.3. The van der Waals surface area contributed by atoms with Gasteiger partial charge >= 0.3 is 11.9 Å². The lowest BCUT2D eigenvalue weighted by Crippen LogP contribution is -1.92. The molecule has 0 heterocycles. The fraction of sp³-hybridized carbons (Fsp3) is 0.444. The van der Waals surface area contributed by atoms with E-state index in [1.807, 2.05) is 0 Å². The van der Waals surface area contributed by atoms with Gasteiger partial charge in [0.05, 0.1) is 0 Å². The molecule has 0 rings (SSSR count). The topological polar surface area (TPSA) is 112 Å². The van der Waals surface area contributed by atoms with E-state index >= 15 is 0 Å². The van der Waals surface area contributed by atoms with E-state index in [1.165, 1.54) is 6.92 Å². The van der Waals surface area contributed by atoms with Crippen molar-refractivity contribution < 1.29 is 29.7 Å². The van der Waals surface area contributed by atoms with Gasteiger partial charge in [-0.3, -0.25) is 9.59 Å². The average molecular weight is 220 g/mol. The Balaban J connectivity index is -0.000000147. The van der Waals surface area contributed by atoms with Crippen LogP contribution in [0.2, 0.25) is 0 Å². The molecule has 0 aliphatic carbocycles. The molecule has 0 unspecified atom stereocenters. The number of carboxylic acids is 3. The van der Waals surface area contributed by atoms with Gasteiger partial charge in [0.15, 0.2) is 0 Å². The van der Waals surface area contributed by atoms with Gasteiger partial charge in [0.1, 0.15) is 0 Å². The molecule has 0 radical (unpaired) electrons. The van der Waals surface area contributed by atoms with Crippen molar-refractivity contribution in [3.8, 4) is 0 Å². The molecule has 0 bridgehead atoms. The number of hydrogen-bond acceptors (Lipinski definition) is 3. The lowest BCUT2D eigenvalue weighted by Gasteiger charge is -1.79. The van der Waals surface area contributed by atoms with E-state index in [2.05, 4.69) is 6.58 Å². The largest absolute Gasteiger partial charge is 0.481 e. The van der Waals surface area contributed by atoms with Gasteiger partial charge in [-0.15, -0.1) is 0 Å². The van der Waals surface area contributed by atoms with E-state index in [9.17, 15) is 9.59 Å². The molecule has 0 aromatic carbocycles. The van der Waals surface area contributed by atoms with E-state index < -0.39 is 17.9 Å². The van der Waals surface area contributed by atoms with Crippen LogP contribution in [0.5, 0.6) is 0 Å². The van der Waals surface area contributed by atoms with Crippen LogP contribution < -0.4 is 0 Å². The van der Waals surface area contributed by atoms with Crippen molar-refractivity contribution in [1.29, 1.82) is 0 Å². The van der Waals surface area contributed by atoms with Crippen molar-refractivity contribution in [3.63, 3.8) is 0 Å². The summed E-state index contributed by atoms with van der Waals surface area (Å²) in [6.07, 6.45) is 0.222. The minimum atomic E-state index is -0.935. The second kappa shape index (κ2) is 12.2. The van der Waals surface area contributed by atoms with Crippen molar-refractivity contribution in [1.82, 2.24) is 0 Å². The predicted molar refractivity (Wildman–Crippen MR) is 53.7 cm³/mol. The van der Waals surface area contributed by atoms with Crippen molar-refractivity contribution in [2.24, 2.45) is 0 Å². The number of rotatable bonds is 2. The zero-order chi connectivity index (χ0) is 13.0. The average Bonchev–Trinajstić information content (AvgIpc) is 2.04. The minimum Gasteiger partial charge on any atom is -0.481 e. The summed E-state index contributed by atoms with van der Waals surface area (Å²) < 4.78 is 0. The molecule has 0 saturated heterocycles. The summed E-state index contributed by atoms with van der Waals surface area (Å²) in [5, 5.41) is 23.0. The van der Waals surface area contributed by atoms with Gasteiger partial charge in [-0.1, -0.05) is 13.5 Å². The van der Waals surface area contributed by atoms with E-state index in [1.54, 1.807) is 6.92 Å². The third kappa shape index (κ3) is 72.7. The first-order chi connectivity index (χ1) is 6.64. The molecule has 0 saturated carbocycles. The summed E-state index contributed by atoms with van der Waals surface area (Å²) in [7, 11) is 0.